The molecule has 5 heteroatoms. The van der Waals surface area contributed by atoms with Crippen LogP contribution in [0.25, 0.3) is 0 Å². The number of carbonyl (C=O) groups is 2. The summed E-state index contributed by atoms with van der Waals surface area (Å²) in [6.45, 7) is 2.50. The molecule has 1 amide bonds. The SMILES string of the molecule is COC(=O)c1cccc2c1CCCN2C(=O)[C@H](C)OC1CCCCC1. The molecule has 5 nitrogen and oxygen atoms in total. The summed E-state index contributed by atoms with van der Waals surface area (Å²) in [6.07, 6.45) is 7.06. The summed E-state index contributed by atoms with van der Waals surface area (Å²) in [5, 5.41) is 0. The fourth-order valence-electron chi connectivity index (χ4n) is 3.92. The third-order valence-electron chi connectivity index (χ3n) is 5.22. The standard InChI is InChI=1S/C20H27NO4/c1-14(25-15-8-4-3-5-9-15)19(22)21-13-7-11-16-17(20(23)24-2)10-6-12-18(16)21/h6,10,12,14-15H,3-5,7-9,11,13H2,1-2H3/t14-/m0/s1. The number of benzene rings is 1. The van der Waals surface area contributed by atoms with Crippen molar-refractivity contribution in [3.8, 4) is 0 Å². The van der Waals surface area contributed by atoms with Gasteiger partial charge >= 0.3 is 5.97 Å². The molecule has 0 bridgehead atoms. The van der Waals surface area contributed by atoms with Crippen LogP contribution >= 0.6 is 0 Å². The van der Waals surface area contributed by atoms with Crippen molar-refractivity contribution in [2.75, 3.05) is 18.6 Å². The van der Waals surface area contributed by atoms with Crippen molar-refractivity contribution in [2.45, 2.75) is 64.1 Å². The van der Waals surface area contributed by atoms with Gasteiger partial charge in [-0.15, -0.1) is 0 Å². The summed E-state index contributed by atoms with van der Waals surface area (Å²) in [5.41, 5.74) is 2.27. The average Bonchev–Trinajstić information content (AvgIpc) is 2.66. The molecule has 0 N–H and O–H groups in total. The lowest BCUT2D eigenvalue weighted by Gasteiger charge is -2.33. The number of fused-ring (bicyclic) bond motifs is 1. The molecule has 1 aliphatic heterocycles. The van der Waals surface area contributed by atoms with Gasteiger partial charge in [0, 0.05) is 12.2 Å². The Labute approximate surface area is 149 Å². The summed E-state index contributed by atoms with van der Waals surface area (Å²) in [7, 11) is 1.38. The monoisotopic (exact) mass is 345 g/mol. The number of methoxy groups -OCH3 is 1. The van der Waals surface area contributed by atoms with E-state index in [-0.39, 0.29) is 18.0 Å². The Morgan fingerprint density at radius 2 is 1.92 bits per heavy atom. The fourth-order valence-corrected chi connectivity index (χ4v) is 3.92. The van der Waals surface area contributed by atoms with Crippen LogP contribution in [0.3, 0.4) is 0 Å². The van der Waals surface area contributed by atoms with E-state index in [1.165, 1.54) is 26.4 Å². The molecule has 2 aliphatic rings. The van der Waals surface area contributed by atoms with Gasteiger partial charge in [-0.25, -0.2) is 4.79 Å². The Balaban J connectivity index is 1.77. The molecule has 1 aliphatic carbocycles. The molecule has 1 atom stereocenters. The molecule has 1 fully saturated rings. The van der Waals surface area contributed by atoms with Gasteiger partial charge in [0.05, 0.1) is 18.8 Å². The molecule has 25 heavy (non-hydrogen) atoms. The second-order valence-electron chi connectivity index (χ2n) is 6.93. The van der Waals surface area contributed by atoms with Gasteiger partial charge in [-0.05, 0) is 50.3 Å². The van der Waals surface area contributed by atoms with E-state index in [2.05, 4.69) is 0 Å². The Morgan fingerprint density at radius 1 is 1.16 bits per heavy atom. The summed E-state index contributed by atoms with van der Waals surface area (Å²) in [6, 6.07) is 5.48. The summed E-state index contributed by atoms with van der Waals surface area (Å²) in [4.78, 5) is 26.8. The van der Waals surface area contributed by atoms with E-state index in [9.17, 15) is 9.59 Å². The highest BCUT2D eigenvalue weighted by atomic mass is 16.5. The van der Waals surface area contributed by atoms with Crippen molar-refractivity contribution in [1.82, 2.24) is 0 Å². The lowest BCUT2D eigenvalue weighted by molar-refractivity contribution is -0.133. The molecule has 1 aromatic rings. The van der Waals surface area contributed by atoms with E-state index in [1.807, 2.05) is 19.1 Å². The van der Waals surface area contributed by atoms with Crippen LogP contribution in [0.15, 0.2) is 18.2 Å². The molecule has 3 rings (SSSR count). The summed E-state index contributed by atoms with van der Waals surface area (Å²) < 4.78 is 10.9. The normalized spacial score (nSPS) is 19.2. The second-order valence-corrected chi connectivity index (χ2v) is 6.93. The van der Waals surface area contributed by atoms with Gasteiger partial charge in [-0.1, -0.05) is 25.3 Å². The van der Waals surface area contributed by atoms with Crippen LogP contribution in [0, 0.1) is 0 Å². The highest BCUT2D eigenvalue weighted by molar-refractivity contribution is 6.00. The van der Waals surface area contributed by atoms with Crippen LogP contribution in [0.4, 0.5) is 5.69 Å². The van der Waals surface area contributed by atoms with E-state index >= 15 is 0 Å². The topological polar surface area (TPSA) is 55.8 Å². The Kier molecular flexibility index (Phi) is 5.74. The first kappa shape index (κ1) is 17.9. The zero-order chi connectivity index (χ0) is 17.8. The third-order valence-corrected chi connectivity index (χ3v) is 5.22. The maximum Gasteiger partial charge on any atom is 0.338 e. The minimum Gasteiger partial charge on any atom is -0.465 e. The van der Waals surface area contributed by atoms with Crippen LogP contribution in [0.1, 0.15) is 61.4 Å². The number of amides is 1. The van der Waals surface area contributed by atoms with Gasteiger partial charge in [-0.2, -0.15) is 0 Å². The van der Waals surface area contributed by atoms with E-state index in [4.69, 9.17) is 9.47 Å². The minimum absolute atomic E-state index is 0.0199. The van der Waals surface area contributed by atoms with Crippen molar-refractivity contribution >= 4 is 17.6 Å². The van der Waals surface area contributed by atoms with E-state index < -0.39 is 6.10 Å². The number of carbonyl (C=O) groups excluding carboxylic acids is 2. The molecular weight excluding hydrogens is 318 g/mol. The molecule has 0 unspecified atom stereocenters. The maximum atomic E-state index is 13.0. The van der Waals surface area contributed by atoms with Crippen LogP contribution in [-0.2, 0) is 20.7 Å². The number of ether oxygens (including phenoxy) is 2. The van der Waals surface area contributed by atoms with Crippen molar-refractivity contribution in [1.29, 1.82) is 0 Å². The molecule has 0 spiro atoms. The minimum atomic E-state index is -0.462. The highest BCUT2D eigenvalue weighted by Crippen LogP contribution is 2.31. The summed E-state index contributed by atoms with van der Waals surface area (Å²) >= 11 is 0. The maximum absolute atomic E-state index is 13.0. The molecule has 136 valence electrons. The predicted octanol–water partition coefficient (Wildman–Crippen LogP) is 3.49. The number of hydrogen-bond donors (Lipinski definition) is 0. The van der Waals surface area contributed by atoms with Crippen molar-refractivity contribution in [3.63, 3.8) is 0 Å². The van der Waals surface area contributed by atoms with Gasteiger partial charge in [-0.3, -0.25) is 4.79 Å². The molecule has 1 saturated carbocycles. The number of esters is 1. The van der Waals surface area contributed by atoms with Gasteiger partial charge in [0.25, 0.3) is 5.91 Å². The third kappa shape index (κ3) is 3.87. The first-order valence-electron chi connectivity index (χ1n) is 9.29. The highest BCUT2D eigenvalue weighted by Gasteiger charge is 2.30. The van der Waals surface area contributed by atoms with Gasteiger partial charge < -0.3 is 14.4 Å². The molecule has 0 aromatic heterocycles. The lowest BCUT2D eigenvalue weighted by atomic mass is 9.95. The van der Waals surface area contributed by atoms with Gasteiger partial charge in [0.1, 0.15) is 6.10 Å². The Bertz CT molecular complexity index is 637. The number of hydrogen-bond acceptors (Lipinski definition) is 4. The molecule has 1 heterocycles. The van der Waals surface area contributed by atoms with Crippen molar-refractivity contribution in [3.05, 3.63) is 29.3 Å². The van der Waals surface area contributed by atoms with Gasteiger partial charge in [0.2, 0.25) is 0 Å². The molecule has 0 radical (unpaired) electrons. The Morgan fingerprint density at radius 3 is 2.64 bits per heavy atom. The average molecular weight is 345 g/mol. The first-order valence-corrected chi connectivity index (χ1v) is 9.29. The van der Waals surface area contributed by atoms with Crippen molar-refractivity contribution in [2.24, 2.45) is 0 Å². The van der Waals surface area contributed by atoms with Gasteiger partial charge in [0.15, 0.2) is 0 Å². The molecular formula is C20H27NO4. The van der Waals surface area contributed by atoms with E-state index in [1.54, 1.807) is 11.0 Å². The number of rotatable bonds is 4. The van der Waals surface area contributed by atoms with E-state index in [0.717, 1.165) is 36.9 Å². The Hall–Kier alpha value is -1.88. The number of nitrogens with zero attached hydrogens (tertiary/aromatic N) is 1. The number of anilines is 1. The van der Waals surface area contributed by atoms with Crippen LogP contribution in [-0.4, -0.2) is 37.7 Å². The second kappa shape index (κ2) is 8.00. The quantitative estimate of drug-likeness (QED) is 0.784. The van der Waals surface area contributed by atoms with Crippen LogP contribution in [0.5, 0.6) is 0 Å². The zero-order valence-electron chi connectivity index (χ0n) is 15.1. The van der Waals surface area contributed by atoms with Crippen LogP contribution < -0.4 is 4.90 Å². The van der Waals surface area contributed by atoms with E-state index in [0.29, 0.717) is 12.1 Å². The predicted molar refractivity (Wildman–Crippen MR) is 95.9 cm³/mol. The van der Waals surface area contributed by atoms with Crippen molar-refractivity contribution < 1.29 is 19.1 Å². The molecule has 1 aromatic carbocycles. The lowest BCUT2D eigenvalue weighted by Crippen LogP contribution is -2.43. The largest absolute Gasteiger partial charge is 0.465 e. The smallest absolute Gasteiger partial charge is 0.338 e. The summed E-state index contributed by atoms with van der Waals surface area (Å²) in [5.74, 6) is -0.369. The zero-order valence-corrected chi connectivity index (χ0v) is 15.1. The van der Waals surface area contributed by atoms with Crippen LogP contribution in [0.2, 0.25) is 0 Å². The fraction of sp³-hybridized carbons (Fsp3) is 0.600. The molecule has 0 saturated heterocycles. The first-order chi connectivity index (χ1) is 12.1.